The second kappa shape index (κ2) is 11.4. The smallest absolute Gasteiger partial charge is 0.251 e. The molecule has 0 spiro atoms. The third kappa shape index (κ3) is 6.40. The number of aliphatic imine (C=N–C) groups is 1. The van der Waals surface area contributed by atoms with Crippen LogP contribution < -0.4 is 16.0 Å². The van der Waals surface area contributed by atoms with Gasteiger partial charge in [-0.25, -0.2) is 4.39 Å². The monoisotopic (exact) mass is 433 g/mol. The molecule has 2 fully saturated rings. The first-order chi connectivity index (χ1) is 15.0. The van der Waals surface area contributed by atoms with Gasteiger partial charge >= 0.3 is 0 Å². The van der Waals surface area contributed by atoms with Crippen molar-refractivity contribution in [3.8, 4) is 0 Å². The Bertz CT molecular complexity index is 758. The maximum absolute atomic E-state index is 13.7. The number of nitrogens with one attached hydrogen (secondary N) is 3. The molecule has 1 saturated heterocycles. The minimum Gasteiger partial charge on any atom is -0.379 e. The second-order valence-electron chi connectivity index (χ2n) is 8.46. The molecule has 3 N–H and O–H groups in total. The van der Waals surface area contributed by atoms with Gasteiger partial charge in [-0.2, -0.15) is 0 Å². The zero-order chi connectivity index (χ0) is 22.1. The third-order valence-electron chi connectivity index (χ3n) is 6.41. The standard InChI is InChI=1S/C23H36FN5O2/c1-18-6-7-19(16-20(18)24)21(30)26-10-11-27-22(25-2)28-17-23(8-4-3-5-9-23)29-12-14-31-15-13-29/h6-7,16H,3-5,8-15,17H2,1-2H3,(H,26,30)(H2,25,27,28). The molecule has 0 unspecified atom stereocenters. The van der Waals surface area contributed by atoms with Crippen molar-refractivity contribution >= 4 is 11.9 Å². The topological polar surface area (TPSA) is 78.0 Å². The Labute approximate surface area is 184 Å². The van der Waals surface area contributed by atoms with Gasteiger partial charge in [0.2, 0.25) is 0 Å². The average Bonchev–Trinajstić information content (AvgIpc) is 2.81. The number of benzene rings is 1. The number of halogens is 1. The largest absolute Gasteiger partial charge is 0.379 e. The lowest BCUT2D eigenvalue weighted by Gasteiger charge is -2.48. The van der Waals surface area contributed by atoms with E-state index in [1.54, 1.807) is 26.1 Å². The quantitative estimate of drug-likeness (QED) is 0.349. The molecule has 1 heterocycles. The van der Waals surface area contributed by atoms with Crippen LogP contribution in [0.3, 0.4) is 0 Å². The lowest BCUT2D eigenvalue weighted by atomic mass is 9.80. The van der Waals surface area contributed by atoms with Crippen molar-refractivity contribution in [1.29, 1.82) is 0 Å². The van der Waals surface area contributed by atoms with Crippen molar-refractivity contribution in [3.63, 3.8) is 0 Å². The number of morpholine rings is 1. The van der Waals surface area contributed by atoms with Crippen molar-refractivity contribution in [1.82, 2.24) is 20.9 Å². The maximum atomic E-state index is 13.7. The van der Waals surface area contributed by atoms with Gasteiger partial charge in [-0.1, -0.05) is 25.3 Å². The summed E-state index contributed by atoms with van der Waals surface area (Å²) in [6.45, 7) is 7.06. The van der Waals surface area contributed by atoms with Crippen LogP contribution in [0.2, 0.25) is 0 Å². The number of hydrogen-bond acceptors (Lipinski definition) is 4. The van der Waals surface area contributed by atoms with Gasteiger partial charge in [0.05, 0.1) is 13.2 Å². The van der Waals surface area contributed by atoms with E-state index in [0.717, 1.165) is 38.8 Å². The summed E-state index contributed by atoms with van der Waals surface area (Å²) in [5.74, 6) is 0.0817. The molecule has 1 aliphatic carbocycles. The number of ether oxygens (including phenoxy) is 1. The van der Waals surface area contributed by atoms with Gasteiger partial charge in [0.1, 0.15) is 5.82 Å². The van der Waals surface area contributed by atoms with Gasteiger partial charge in [0.15, 0.2) is 5.96 Å². The van der Waals surface area contributed by atoms with Crippen LogP contribution in [0.15, 0.2) is 23.2 Å². The predicted molar refractivity (Wildman–Crippen MR) is 121 cm³/mol. The summed E-state index contributed by atoms with van der Waals surface area (Å²) in [4.78, 5) is 19.1. The van der Waals surface area contributed by atoms with Gasteiger partial charge < -0.3 is 20.7 Å². The molecular formula is C23H36FN5O2. The summed E-state index contributed by atoms with van der Waals surface area (Å²) < 4.78 is 19.2. The number of guanidine groups is 1. The molecule has 0 atom stereocenters. The van der Waals surface area contributed by atoms with Crippen molar-refractivity contribution < 1.29 is 13.9 Å². The lowest BCUT2D eigenvalue weighted by Crippen LogP contribution is -2.60. The Hall–Kier alpha value is -2.19. The number of nitrogens with zero attached hydrogens (tertiary/aromatic N) is 2. The van der Waals surface area contributed by atoms with E-state index in [2.05, 4.69) is 25.8 Å². The molecule has 0 radical (unpaired) electrons. The van der Waals surface area contributed by atoms with Crippen LogP contribution in [0.25, 0.3) is 0 Å². The Morgan fingerprint density at radius 2 is 1.84 bits per heavy atom. The first-order valence-electron chi connectivity index (χ1n) is 11.4. The molecule has 0 aromatic heterocycles. The minimum atomic E-state index is -0.368. The van der Waals surface area contributed by atoms with Crippen molar-refractivity contribution in [2.75, 3.05) is 53.0 Å². The van der Waals surface area contributed by atoms with Crippen LogP contribution in [0.1, 0.15) is 48.0 Å². The summed E-state index contributed by atoms with van der Waals surface area (Å²) in [7, 11) is 1.76. The fraction of sp³-hybridized carbons (Fsp3) is 0.652. The SMILES string of the molecule is CN=C(NCCNC(=O)c1ccc(C)c(F)c1)NCC1(N2CCOCC2)CCCCC1. The molecule has 7 nitrogen and oxygen atoms in total. The molecule has 2 aliphatic rings. The number of amides is 1. The summed E-state index contributed by atoms with van der Waals surface area (Å²) >= 11 is 0. The molecule has 1 amide bonds. The van der Waals surface area contributed by atoms with Gasteiger partial charge in [0.25, 0.3) is 5.91 Å². The zero-order valence-corrected chi connectivity index (χ0v) is 18.8. The van der Waals surface area contributed by atoms with E-state index in [-0.39, 0.29) is 17.3 Å². The van der Waals surface area contributed by atoms with Gasteiger partial charge in [-0.3, -0.25) is 14.7 Å². The second-order valence-corrected chi connectivity index (χ2v) is 8.46. The summed E-state index contributed by atoms with van der Waals surface area (Å²) in [6, 6.07) is 4.52. The fourth-order valence-electron chi connectivity index (χ4n) is 4.51. The molecule has 172 valence electrons. The first kappa shape index (κ1) is 23.5. The molecular weight excluding hydrogens is 397 g/mol. The summed E-state index contributed by atoms with van der Waals surface area (Å²) in [6.07, 6.45) is 6.22. The van der Waals surface area contributed by atoms with Gasteiger partial charge in [-0.05, 0) is 37.5 Å². The molecule has 31 heavy (non-hydrogen) atoms. The number of carbonyl (C=O) groups is 1. The number of carbonyl (C=O) groups excluding carboxylic acids is 1. The maximum Gasteiger partial charge on any atom is 0.251 e. The van der Waals surface area contributed by atoms with E-state index in [4.69, 9.17) is 4.74 Å². The van der Waals surface area contributed by atoms with Crippen LogP contribution in [-0.4, -0.2) is 75.3 Å². The molecule has 8 heteroatoms. The number of rotatable bonds is 7. The number of hydrogen-bond donors (Lipinski definition) is 3. The van der Waals surface area contributed by atoms with E-state index in [1.807, 2.05) is 0 Å². The minimum absolute atomic E-state index is 0.156. The zero-order valence-electron chi connectivity index (χ0n) is 18.8. The summed E-state index contributed by atoms with van der Waals surface area (Å²) in [5, 5.41) is 9.58. The van der Waals surface area contributed by atoms with Crippen LogP contribution in [0, 0.1) is 12.7 Å². The van der Waals surface area contributed by atoms with Crippen LogP contribution in [0.4, 0.5) is 4.39 Å². The summed E-state index contributed by atoms with van der Waals surface area (Å²) in [5.41, 5.74) is 1.01. The number of aryl methyl sites for hydroxylation is 1. The Kier molecular flexibility index (Phi) is 8.66. The fourth-order valence-corrected chi connectivity index (χ4v) is 4.51. The highest BCUT2D eigenvalue weighted by Crippen LogP contribution is 2.33. The molecule has 1 aromatic rings. The normalized spacial score (nSPS) is 19.6. The molecule has 3 rings (SSSR count). The van der Waals surface area contributed by atoms with Gasteiger partial charge in [0, 0.05) is 50.9 Å². The predicted octanol–water partition coefficient (Wildman–Crippen LogP) is 2.06. The Morgan fingerprint density at radius 1 is 1.13 bits per heavy atom. The van der Waals surface area contributed by atoms with Crippen molar-refractivity contribution in [2.24, 2.45) is 4.99 Å². The highest BCUT2D eigenvalue weighted by molar-refractivity contribution is 5.94. The van der Waals surface area contributed by atoms with Crippen LogP contribution >= 0.6 is 0 Å². The van der Waals surface area contributed by atoms with E-state index < -0.39 is 0 Å². The average molecular weight is 434 g/mol. The Balaban J connectivity index is 1.45. The third-order valence-corrected chi connectivity index (χ3v) is 6.41. The van der Waals surface area contributed by atoms with E-state index >= 15 is 0 Å². The first-order valence-corrected chi connectivity index (χ1v) is 11.4. The van der Waals surface area contributed by atoms with Crippen molar-refractivity contribution in [3.05, 3.63) is 35.1 Å². The van der Waals surface area contributed by atoms with E-state index in [1.165, 1.54) is 38.2 Å². The van der Waals surface area contributed by atoms with E-state index in [0.29, 0.717) is 24.2 Å². The molecule has 1 aromatic carbocycles. The lowest BCUT2D eigenvalue weighted by molar-refractivity contribution is -0.0352. The Morgan fingerprint density at radius 3 is 2.52 bits per heavy atom. The highest BCUT2D eigenvalue weighted by atomic mass is 19.1. The molecule has 1 aliphatic heterocycles. The highest BCUT2D eigenvalue weighted by Gasteiger charge is 2.38. The molecule has 1 saturated carbocycles. The van der Waals surface area contributed by atoms with Gasteiger partial charge in [-0.15, -0.1) is 0 Å². The van der Waals surface area contributed by atoms with Crippen LogP contribution in [0.5, 0.6) is 0 Å². The van der Waals surface area contributed by atoms with E-state index in [9.17, 15) is 9.18 Å². The van der Waals surface area contributed by atoms with Crippen LogP contribution in [-0.2, 0) is 4.74 Å². The van der Waals surface area contributed by atoms with Crippen molar-refractivity contribution in [2.45, 2.75) is 44.6 Å². The molecule has 0 bridgehead atoms.